The van der Waals surface area contributed by atoms with Gasteiger partial charge in [0.05, 0.1) is 23.6 Å². The smallest absolute Gasteiger partial charge is 0.256 e. The van der Waals surface area contributed by atoms with Gasteiger partial charge in [-0.2, -0.15) is 15.0 Å². The van der Waals surface area contributed by atoms with E-state index >= 15 is 0 Å². The van der Waals surface area contributed by atoms with Gasteiger partial charge in [-0.05, 0) is 39.0 Å². The minimum absolute atomic E-state index is 0.0506. The molecule has 3 aromatic rings. The van der Waals surface area contributed by atoms with E-state index in [1.54, 1.807) is 12.4 Å². The molecule has 2 aliphatic heterocycles. The Labute approximate surface area is 175 Å². The van der Waals surface area contributed by atoms with Gasteiger partial charge in [0, 0.05) is 49.4 Å². The number of carbonyl (C=O) groups excluding carboxylic acids is 1. The summed E-state index contributed by atoms with van der Waals surface area (Å²) in [6.45, 7) is 9.29. The predicted molar refractivity (Wildman–Crippen MR) is 113 cm³/mol. The number of anilines is 1. The van der Waals surface area contributed by atoms with E-state index in [2.05, 4.69) is 25.1 Å². The van der Waals surface area contributed by atoms with Crippen molar-refractivity contribution in [1.82, 2.24) is 29.9 Å². The molecule has 0 N–H and O–H groups in total. The summed E-state index contributed by atoms with van der Waals surface area (Å²) < 4.78 is 0. The molecule has 1 amide bonds. The van der Waals surface area contributed by atoms with Crippen LogP contribution in [0, 0.1) is 32.6 Å². The van der Waals surface area contributed by atoms with Gasteiger partial charge in [-0.3, -0.25) is 4.79 Å². The van der Waals surface area contributed by atoms with Crippen molar-refractivity contribution in [3.8, 4) is 5.69 Å². The van der Waals surface area contributed by atoms with Gasteiger partial charge in [-0.25, -0.2) is 9.97 Å². The molecule has 8 nitrogen and oxygen atoms in total. The SMILES string of the molecule is Cc1ccc(-n2nccn2)c(C(=O)N2CC3CN(c4nc(C)cc(C)n4)CC3C2)c1. The first-order valence-corrected chi connectivity index (χ1v) is 10.3. The Hall–Kier alpha value is -3.29. The number of hydrogen-bond acceptors (Lipinski definition) is 6. The van der Waals surface area contributed by atoms with Crippen molar-refractivity contribution < 1.29 is 4.79 Å². The summed E-state index contributed by atoms with van der Waals surface area (Å²) in [6, 6.07) is 7.83. The first-order valence-electron chi connectivity index (χ1n) is 10.3. The lowest BCUT2D eigenvalue weighted by Gasteiger charge is -2.23. The average molecular weight is 403 g/mol. The molecule has 154 valence electrons. The predicted octanol–water partition coefficient (Wildman–Crippen LogP) is 2.19. The van der Waals surface area contributed by atoms with Gasteiger partial charge in [0.1, 0.15) is 0 Å². The van der Waals surface area contributed by atoms with Gasteiger partial charge >= 0.3 is 0 Å². The standard InChI is InChI=1S/C22H25N7O/c1-14-4-5-20(29-23-6-7-24-29)19(8-14)21(30)27-10-17-12-28(13-18(17)11-27)22-25-15(2)9-16(3)26-22/h4-9,17-18H,10-13H2,1-3H3. The second-order valence-corrected chi connectivity index (χ2v) is 8.43. The number of carbonyl (C=O) groups is 1. The molecule has 2 fully saturated rings. The second kappa shape index (κ2) is 7.19. The second-order valence-electron chi connectivity index (χ2n) is 8.43. The third-order valence-corrected chi connectivity index (χ3v) is 6.04. The number of hydrogen-bond donors (Lipinski definition) is 0. The maximum absolute atomic E-state index is 13.4. The number of benzene rings is 1. The molecule has 0 bridgehead atoms. The van der Waals surface area contributed by atoms with Crippen LogP contribution in [0.3, 0.4) is 0 Å². The molecular weight excluding hydrogens is 378 g/mol. The number of nitrogens with zero attached hydrogens (tertiary/aromatic N) is 7. The third kappa shape index (κ3) is 3.32. The van der Waals surface area contributed by atoms with Gasteiger partial charge in [-0.15, -0.1) is 0 Å². The van der Waals surface area contributed by atoms with Crippen molar-refractivity contribution in [2.45, 2.75) is 20.8 Å². The first-order chi connectivity index (χ1) is 14.5. The first kappa shape index (κ1) is 18.7. The Morgan fingerprint density at radius 2 is 1.53 bits per heavy atom. The molecule has 0 radical (unpaired) electrons. The number of aromatic nitrogens is 5. The number of fused-ring (bicyclic) bond motifs is 1. The highest BCUT2D eigenvalue weighted by atomic mass is 16.2. The zero-order valence-corrected chi connectivity index (χ0v) is 17.5. The van der Waals surface area contributed by atoms with Crippen LogP contribution in [0.4, 0.5) is 5.95 Å². The fourth-order valence-electron chi connectivity index (χ4n) is 4.68. The minimum Gasteiger partial charge on any atom is -0.340 e. The molecule has 1 aromatic carbocycles. The lowest BCUT2D eigenvalue weighted by atomic mass is 10.0. The Morgan fingerprint density at radius 3 is 2.17 bits per heavy atom. The van der Waals surface area contributed by atoms with E-state index in [9.17, 15) is 4.79 Å². The Balaban J connectivity index is 1.34. The van der Waals surface area contributed by atoms with Gasteiger partial charge in [0.25, 0.3) is 5.91 Å². The molecule has 0 spiro atoms. The molecule has 0 saturated carbocycles. The topological polar surface area (TPSA) is 80.0 Å². The van der Waals surface area contributed by atoms with E-state index in [-0.39, 0.29) is 5.91 Å². The largest absolute Gasteiger partial charge is 0.340 e. The quantitative estimate of drug-likeness (QED) is 0.667. The van der Waals surface area contributed by atoms with Gasteiger partial charge in [-0.1, -0.05) is 11.6 Å². The third-order valence-electron chi connectivity index (χ3n) is 6.04. The van der Waals surface area contributed by atoms with Crippen LogP contribution in [0.2, 0.25) is 0 Å². The highest BCUT2D eigenvalue weighted by molar-refractivity contribution is 5.98. The molecular formula is C22H25N7O. The Kier molecular flexibility index (Phi) is 4.49. The van der Waals surface area contributed by atoms with Crippen molar-refractivity contribution in [1.29, 1.82) is 0 Å². The van der Waals surface area contributed by atoms with Crippen molar-refractivity contribution in [3.05, 3.63) is 59.2 Å². The van der Waals surface area contributed by atoms with Gasteiger partial charge in [0.2, 0.25) is 5.95 Å². The van der Waals surface area contributed by atoms with Crippen molar-refractivity contribution in [2.75, 3.05) is 31.1 Å². The van der Waals surface area contributed by atoms with E-state index < -0.39 is 0 Å². The zero-order chi connectivity index (χ0) is 20.8. The van der Waals surface area contributed by atoms with Crippen molar-refractivity contribution in [3.63, 3.8) is 0 Å². The molecule has 30 heavy (non-hydrogen) atoms. The van der Waals surface area contributed by atoms with E-state index in [1.807, 2.05) is 49.9 Å². The van der Waals surface area contributed by atoms with E-state index in [0.717, 1.165) is 54.8 Å². The molecule has 0 aliphatic carbocycles. The Bertz CT molecular complexity index is 1060. The van der Waals surface area contributed by atoms with Crippen LogP contribution in [0.1, 0.15) is 27.3 Å². The summed E-state index contributed by atoms with van der Waals surface area (Å²) in [7, 11) is 0. The molecule has 4 heterocycles. The zero-order valence-electron chi connectivity index (χ0n) is 17.5. The summed E-state index contributed by atoms with van der Waals surface area (Å²) >= 11 is 0. The van der Waals surface area contributed by atoms with Crippen LogP contribution in [0.25, 0.3) is 5.69 Å². The number of rotatable bonds is 3. The van der Waals surface area contributed by atoms with Crippen LogP contribution in [0.15, 0.2) is 36.7 Å². The molecule has 2 unspecified atom stereocenters. The molecule has 2 aromatic heterocycles. The number of aryl methyl sites for hydroxylation is 3. The maximum atomic E-state index is 13.4. The fourth-order valence-corrected chi connectivity index (χ4v) is 4.68. The molecule has 2 aliphatic rings. The Morgan fingerprint density at radius 1 is 0.900 bits per heavy atom. The molecule has 8 heteroatoms. The summed E-state index contributed by atoms with van der Waals surface area (Å²) in [5.41, 5.74) is 4.40. The molecule has 5 rings (SSSR count). The van der Waals surface area contributed by atoms with E-state index in [1.165, 1.54) is 4.80 Å². The highest BCUT2D eigenvalue weighted by Gasteiger charge is 2.43. The van der Waals surface area contributed by atoms with Gasteiger partial charge < -0.3 is 9.80 Å². The average Bonchev–Trinajstić information content (AvgIpc) is 3.43. The lowest BCUT2D eigenvalue weighted by molar-refractivity contribution is 0.0782. The molecule has 2 saturated heterocycles. The number of amides is 1. The van der Waals surface area contributed by atoms with Crippen LogP contribution in [-0.2, 0) is 0 Å². The summed E-state index contributed by atoms with van der Waals surface area (Å²) in [5.74, 6) is 1.74. The summed E-state index contributed by atoms with van der Waals surface area (Å²) in [6.07, 6.45) is 3.25. The van der Waals surface area contributed by atoms with Crippen LogP contribution < -0.4 is 4.90 Å². The minimum atomic E-state index is 0.0506. The van der Waals surface area contributed by atoms with Crippen molar-refractivity contribution in [2.24, 2.45) is 11.8 Å². The molecule has 2 atom stereocenters. The summed E-state index contributed by atoms with van der Waals surface area (Å²) in [4.78, 5) is 28.4. The summed E-state index contributed by atoms with van der Waals surface area (Å²) in [5, 5.41) is 8.43. The fraction of sp³-hybridized carbons (Fsp3) is 0.409. The highest BCUT2D eigenvalue weighted by Crippen LogP contribution is 2.34. The van der Waals surface area contributed by atoms with Crippen LogP contribution in [-0.4, -0.2) is 61.9 Å². The monoisotopic (exact) mass is 403 g/mol. The van der Waals surface area contributed by atoms with E-state index in [0.29, 0.717) is 17.4 Å². The van der Waals surface area contributed by atoms with Crippen LogP contribution in [0.5, 0.6) is 0 Å². The maximum Gasteiger partial charge on any atom is 0.256 e. The lowest BCUT2D eigenvalue weighted by Crippen LogP contribution is -2.34. The van der Waals surface area contributed by atoms with Gasteiger partial charge in [0.15, 0.2) is 0 Å². The number of likely N-dealkylation sites (tertiary alicyclic amines) is 1. The normalized spacial score (nSPS) is 20.6. The van der Waals surface area contributed by atoms with Crippen molar-refractivity contribution >= 4 is 11.9 Å². The van der Waals surface area contributed by atoms with E-state index in [4.69, 9.17) is 0 Å². The van der Waals surface area contributed by atoms with Crippen LogP contribution >= 0.6 is 0 Å².